The Morgan fingerprint density at radius 2 is 1.44 bits per heavy atom. The van der Waals surface area contributed by atoms with Crippen LogP contribution in [0.25, 0.3) is 0 Å². The Morgan fingerprint density at radius 1 is 0.812 bits per heavy atom. The Kier molecular flexibility index (Phi) is 17.8. The van der Waals surface area contributed by atoms with Crippen molar-refractivity contribution >= 4 is 6.09 Å². The fraction of sp³-hybridized carbons (Fsp3) is 0.893. The molecule has 0 aliphatic heterocycles. The van der Waals surface area contributed by atoms with Gasteiger partial charge in [-0.1, -0.05) is 77.9 Å². The van der Waals surface area contributed by atoms with Crippen LogP contribution >= 0.6 is 0 Å². The molecule has 0 radical (unpaired) electrons. The monoisotopic (exact) mass is 453 g/mol. The molecule has 0 spiro atoms. The number of nitrogens with one attached hydrogen (secondary N) is 1. The van der Waals surface area contributed by atoms with Crippen LogP contribution in [0.2, 0.25) is 0 Å². The molecule has 0 aliphatic carbocycles. The van der Waals surface area contributed by atoms with Gasteiger partial charge in [-0.3, -0.25) is 0 Å². The molecule has 4 heteroatoms. The number of hydrogen-bond donors (Lipinski definition) is 1. The Hall–Kier alpha value is -1.03. The zero-order chi connectivity index (χ0) is 24.3. The lowest BCUT2D eigenvalue weighted by Crippen LogP contribution is -2.34. The van der Waals surface area contributed by atoms with Crippen LogP contribution in [0, 0.1) is 0 Å². The number of rotatable bonds is 20. The van der Waals surface area contributed by atoms with Gasteiger partial charge < -0.3 is 14.8 Å². The van der Waals surface area contributed by atoms with Gasteiger partial charge in [0.2, 0.25) is 0 Å². The number of ether oxygens (including phenoxy) is 2. The summed E-state index contributed by atoms with van der Waals surface area (Å²) in [5.41, 5.74) is -0.411. The van der Waals surface area contributed by atoms with E-state index in [1.54, 1.807) is 0 Å². The summed E-state index contributed by atoms with van der Waals surface area (Å²) in [6.45, 7) is 15.5. The Balaban J connectivity index is 3.88. The second kappa shape index (κ2) is 18.4. The zero-order valence-corrected chi connectivity index (χ0v) is 22.6. The molecule has 1 unspecified atom stereocenters. The van der Waals surface area contributed by atoms with E-state index in [0.29, 0.717) is 12.6 Å². The van der Waals surface area contributed by atoms with E-state index >= 15 is 0 Å². The minimum Gasteiger partial charge on any atom is -0.444 e. The topological polar surface area (TPSA) is 47.6 Å². The molecule has 0 aromatic carbocycles. The molecule has 1 amide bonds. The summed E-state index contributed by atoms with van der Waals surface area (Å²) in [6.07, 6.45) is 21.0. The summed E-state index contributed by atoms with van der Waals surface area (Å²) in [5, 5.41) is 2.86. The van der Waals surface area contributed by atoms with Crippen molar-refractivity contribution in [3.8, 4) is 0 Å². The number of unbranched alkanes of at least 4 members (excludes halogenated alkanes) is 8. The van der Waals surface area contributed by atoms with Crippen LogP contribution in [0.15, 0.2) is 12.2 Å². The molecule has 0 bridgehead atoms. The van der Waals surface area contributed by atoms with E-state index in [1.165, 1.54) is 51.4 Å². The van der Waals surface area contributed by atoms with E-state index in [2.05, 4.69) is 45.2 Å². The molecule has 0 rings (SSSR count). The smallest absolute Gasteiger partial charge is 0.407 e. The lowest BCUT2D eigenvalue weighted by atomic mass is 10.0. The molecule has 32 heavy (non-hydrogen) atoms. The highest BCUT2D eigenvalue weighted by atomic mass is 16.6. The molecule has 0 fully saturated rings. The van der Waals surface area contributed by atoms with Crippen molar-refractivity contribution in [1.29, 1.82) is 0 Å². The molecule has 0 heterocycles. The Morgan fingerprint density at radius 3 is 2.09 bits per heavy atom. The van der Waals surface area contributed by atoms with Crippen molar-refractivity contribution in [2.45, 2.75) is 156 Å². The molecule has 0 saturated heterocycles. The molecule has 1 N–H and O–H groups in total. The first kappa shape index (κ1) is 31.0. The number of carbonyl (C=O) groups excluding carboxylic acids is 1. The number of alkyl carbamates (subject to hydrolysis) is 1. The number of allylic oxidation sites excluding steroid dienone is 1. The zero-order valence-electron chi connectivity index (χ0n) is 22.6. The van der Waals surface area contributed by atoms with Gasteiger partial charge in [-0.25, -0.2) is 4.79 Å². The first-order chi connectivity index (χ1) is 15.2. The van der Waals surface area contributed by atoms with E-state index in [4.69, 9.17) is 9.47 Å². The summed E-state index contributed by atoms with van der Waals surface area (Å²) in [4.78, 5) is 11.7. The molecular formula is C28H55NO3. The van der Waals surface area contributed by atoms with E-state index < -0.39 is 0 Å². The quantitative estimate of drug-likeness (QED) is 0.148. The van der Waals surface area contributed by atoms with Gasteiger partial charge >= 0.3 is 6.09 Å². The SMILES string of the molecule is CCCCCCC(CC=CCCCCCCCNC(=O)OC(C)(C)CC)OC(C)(C)CC. The van der Waals surface area contributed by atoms with Gasteiger partial charge in [0.1, 0.15) is 5.60 Å². The largest absolute Gasteiger partial charge is 0.444 e. The van der Waals surface area contributed by atoms with Crippen LogP contribution < -0.4 is 5.32 Å². The first-order valence-electron chi connectivity index (χ1n) is 13.5. The van der Waals surface area contributed by atoms with Crippen molar-refractivity contribution in [3.63, 3.8) is 0 Å². The lowest BCUT2D eigenvalue weighted by molar-refractivity contribution is -0.0755. The molecule has 190 valence electrons. The van der Waals surface area contributed by atoms with Crippen molar-refractivity contribution in [2.75, 3.05) is 6.54 Å². The normalized spacial score (nSPS) is 13.5. The fourth-order valence-electron chi connectivity index (χ4n) is 3.39. The minimum absolute atomic E-state index is 0.0267. The summed E-state index contributed by atoms with van der Waals surface area (Å²) in [5.74, 6) is 0. The van der Waals surface area contributed by atoms with Crippen molar-refractivity contribution in [2.24, 2.45) is 0 Å². The maximum absolute atomic E-state index is 11.7. The number of hydrogen-bond acceptors (Lipinski definition) is 3. The molecule has 0 aromatic rings. The average Bonchev–Trinajstić information content (AvgIpc) is 2.74. The van der Waals surface area contributed by atoms with Crippen LogP contribution in [0.1, 0.15) is 138 Å². The standard InChI is InChI=1S/C28H55NO3/c1-8-11-12-19-22-25(31-27(4,5)9-2)23-20-17-15-13-14-16-18-21-24-29-26(30)32-28(6,7)10-3/h17,20,25H,8-16,18-19,21-24H2,1-7H3,(H,29,30). The van der Waals surface area contributed by atoms with Gasteiger partial charge in [-0.2, -0.15) is 0 Å². The molecule has 0 aliphatic rings. The highest BCUT2D eigenvalue weighted by Crippen LogP contribution is 2.22. The third kappa shape index (κ3) is 18.5. The van der Waals surface area contributed by atoms with E-state index in [0.717, 1.165) is 38.5 Å². The van der Waals surface area contributed by atoms with Crippen LogP contribution in [-0.2, 0) is 9.47 Å². The maximum atomic E-state index is 11.7. The van der Waals surface area contributed by atoms with Gasteiger partial charge in [0.05, 0.1) is 11.7 Å². The molecule has 0 aromatic heterocycles. The predicted octanol–water partition coefficient (Wildman–Crippen LogP) is 8.73. The lowest BCUT2D eigenvalue weighted by Gasteiger charge is -2.29. The summed E-state index contributed by atoms with van der Waals surface area (Å²) < 4.78 is 11.8. The highest BCUT2D eigenvalue weighted by molar-refractivity contribution is 5.67. The van der Waals surface area contributed by atoms with Crippen LogP contribution in [0.4, 0.5) is 4.79 Å². The predicted molar refractivity (Wildman–Crippen MR) is 138 cm³/mol. The summed E-state index contributed by atoms with van der Waals surface area (Å²) >= 11 is 0. The number of carbonyl (C=O) groups is 1. The summed E-state index contributed by atoms with van der Waals surface area (Å²) in [7, 11) is 0. The van der Waals surface area contributed by atoms with E-state index in [9.17, 15) is 4.79 Å². The van der Waals surface area contributed by atoms with Gasteiger partial charge in [0.15, 0.2) is 0 Å². The van der Waals surface area contributed by atoms with Gasteiger partial charge in [-0.05, 0) is 72.6 Å². The van der Waals surface area contributed by atoms with E-state index in [-0.39, 0.29) is 17.3 Å². The second-order valence-corrected chi connectivity index (χ2v) is 10.4. The third-order valence-electron chi connectivity index (χ3n) is 6.32. The Bertz CT molecular complexity index is 485. The first-order valence-corrected chi connectivity index (χ1v) is 13.5. The summed E-state index contributed by atoms with van der Waals surface area (Å²) in [6, 6.07) is 0. The fourth-order valence-corrected chi connectivity index (χ4v) is 3.39. The van der Waals surface area contributed by atoms with Crippen molar-refractivity contribution in [3.05, 3.63) is 12.2 Å². The average molecular weight is 454 g/mol. The molecular weight excluding hydrogens is 398 g/mol. The highest BCUT2D eigenvalue weighted by Gasteiger charge is 2.21. The van der Waals surface area contributed by atoms with Crippen LogP contribution in [-0.4, -0.2) is 29.9 Å². The van der Waals surface area contributed by atoms with Gasteiger partial charge in [0.25, 0.3) is 0 Å². The third-order valence-corrected chi connectivity index (χ3v) is 6.32. The second-order valence-electron chi connectivity index (χ2n) is 10.4. The van der Waals surface area contributed by atoms with Crippen LogP contribution in [0.5, 0.6) is 0 Å². The van der Waals surface area contributed by atoms with Gasteiger partial charge in [0, 0.05) is 6.54 Å². The molecule has 0 saturated carbocycles. The molecule has 4 nitrogen and oxygen atoms in total. The molecule has 1 atom stereocenters. The van der Waals surface area contributed by atoms with Crippen molar-refractivity contribution in [1.82, 2.24) is 5.32 Å². The minimum atomic E-state index is -0.384. The van der Waals surface area contributed by atoms with E-state index in [1.807, 2.05) is 20.8 Å². The van der Waals surface area contributed by atoms with Crippen LogP contribution in [0.3, 0.4) is 0 Å². The maximum Gasteiger partial charge on any atom is 0.407 e. The number of amides is 1. The van der Waals surface area contributed by atoms with Crippen molar-refractivity contribution < 1.29 is 14.3 Å². The Labute approximate surface area is 200 Å². The van der Waals surface area contributed by atoms with Gasteiger partial charge in [-0.15, -0.1) is 0 Å².